The summed E-state index contributed by atoms with van der Waals surface area (Å²) in [7, 11) is -1.36. The molecule has 1 rings (SSSR count). The lowest BCUT2D eigenvalue weighted by Gasteiger charge is -2.12. The minimum absolute atomic E-state index is 0.552. The number of rotatable bonds is 6. The molecule has 0 aromatic heterocycles. The van der Waals surface area contributed by atoms with Gasteiger partial charge in [0.15, 0.2) is 0 Å². The van der Waals surface area contributed by atoms with Gasteiger partial charge in [0.05, 0.1) is 0 Å². The fourth-order valence-electron chi connectivity index (χ4n) is 1.86. The molecule has 0 fully saturated rings. The van der Waals surface area contributed by atoms with Crippen LogP contribution in [0.5, 0.6) is 0 Å². The summed E-state index contributed by atoms with van der Waals surface area (Å²) in [5.74, 6) is 0.552. The third kappa shape index (κ3) is 3.99. The molecule has 0 aliphatic rings. The minimum atomic E-state index is -1.36. The normalized spacial score (nSPS) is 12.5. The molecule has 2 nitrogen and oxygen atoms in total. The molecule has 0 aliphatic carbocycles. The summed E-state index contributed by atoms with van der Waals surface area (Å²) >= 11 is 0. The molecule has 1 aromatic rings. The van der Waals surface area contributed by atoms with E-state index in [0.717, 1.165) is 0 Å². The maximum absolute atomic E-state index is 8.98. The van der Waals surface area contributed by atoms with Crippen molar-refractivity contribution in [1.29, 1.82) is 0 Å². The van der Waals surface area contributed by atoms with Gasteiger partial charge in [0, 0.05) is 0 Å². The second-order valence-electron chi connectivity index (χ2n) is 4.44. The van der Waals surface area contributed by atoms with E-state index >= 15 is 0 Å². The first-order chi connectivity index (χ1) is 7.65. The Labute approximate surface area is 98.5 Å². The molecule has 0 saturated carbocycles. The first-order valence-electron chi connectivity index (χ1n) is 6.11. The SMILES string of the molecule is CCCCCC(C)c1ccc(B(O)O)cc1. The molecule has 16 heavy (non-hydrogen) atoms. The molecule has 0 saturated heterocycles. The van der Waals surface area contributed by atoms with Crippen molar-refractivity contribution in [2.45, 2.75) is 45.4 Å². The highest BCUT2D eigenvalue weighted by Crippen LogP contribution is 2.20. The Bertz CT molecular complexity index is 295. The van der Waals surface area contributed by atoms with Gasteiger partial charge in [0.25, 0.3) is 0 Å². The lowest BCUT2D eigenvalue weighted by atomic mass is 9.79. The van der Waals surface area contributed by atoms with E-state index in [0.29, 0.717) is 11.4 Å². The fourth-order valence-corrected chi connectivity index (χ4v) is 1.86. The van der Waals surface area contributed by atoms with Gasteiger partial charge in [-0.05, 0) is 23.4 Å². The molecule has 0 aliphatic heterocycles. The van der Waals surface area contributed by atoms with Crippen LogP contribution in [0.25, 0.3) is 0 Å². The summed E-state index contributed by atoms with van der Waals surface area (Å²) in [5, 5.41) is 18.0. The van der Waals surface area contributed by atoms with Gasteiger partial charge in [0.2, 0.25) is 0 Å². The van der Waals surface area contributed by atoms with E-state index in [1.165, 1.54) is 31.2 Å². The van der Waals surface area contributed by atoms with Gasteiger partial charge in [-0.2, -0.15) is 0 Å². The molecule has 0 bridgehead atoms. The van der Waals surface area contributed by atoms with Crippen molar-refractivity contribution in [1.82, 2.24) is 0 Å². The van der Waals surface area contributed by atoms with Crippen LogP contribution in [0.3, 0.4) is 0 Å². The van der Waals surface area contributed by atoms with E-state index in [1.807, 2.05) is 12.1 Å². The summed E-state index contributed by atoms with van der Waals surface area (Å²) in [6, 6.07) is 7.56. The van der Waals surface area contributed by atoms with E-state index in [1.54, 1.807) is 12.1 Å². The van der Waals surface area contributed by atoms with E-state index in [2.05, 4.69) is 13.8 Å². The summed E-state index contributed by atoms with van der Waals surface area (Å²) in [4.78, 5) is 0. The highest BCUT2D eigenvalue weighted by molar-refractivity contribution is 6.58. The second-order valence-corrected chi connectivity index (χ2v) is 4.44. The average molecular weight is 220 g/mol. The predicted octanol–water partition coefficient (Wildman–Crippen LogP) is 2.05. The van der Waals surface area contributed by atoms with E-state index < -0.39 is 7.12 Å². The Hall–Kier alpha value is -0.795. The van der Waals surface area contributed by atoms with Gasteiger partial charge < -0.3 is 10.0 Å². The summed E-state index contributed by atoms with van der Waals surface area (Å²) in [6.45, 7) is 4.43. The fraction of sp³-hybridized carbons (Fsp3) is 0.538. The molecule has 1 atom stereocenters. The minimum Gasteiger partial charge on any atom is -0.423 e. The molecule has 0 spiro atoms. The molecule has 1 unspecified atom stereocenters. The average Bonchev–Trinajstić information content (AvgIpc) is 2.29. The van der Waals surface area contributed by atoms with Crippen LogP contribution >= 0.6 is 0 Å². The predicted molar refractivity (Wildman–Crippen MR) is 68.8 cm³/mol. The number of benzene rings is 1. The molecule has 2 N–H and O–H groups in total. The zero-order valence-corrected chi connectivity index (χ0v) is 10.2. The van der Waals surface area contributed by atoms with Crippen molar-refractivity contribution in [3.8, 4) is 0 Å². The third-order valence-electron chi connectivity index (χ3n) is 3.04. The van der Waals surface area contributed by atoms with Crippen molar-refractivity contribution < 1.29 is 10.0 Å². The molecule has 1 aromatic carbocycles. The van der Waals surface area contributed by atoms with Crippen LogP contribution in [0.2, 0.25) is 0 Å². The van der Waals surface area contributed by atoms with Crippen molar-refractivity contribution in [3.63, 3.8) is 0 Å². The number of hydrogen-bond donors (Lipinski definition) is 2. The summed E-state index contributed by atoms with van der Waals surface area (Å²) in [5.41, 5.74) is 1.84. The van der Waals surface area contributed by atoms with Crippen LogP contribution in [0.1, 0.15) is 51.0 Å². The highest BCUT2D eigenvalue weighted by Gasteiger charge is 2.11. The van der Waals surface area contributed by atoms with Crippen molar-refractivity contribution in [3.05, 3.63) is 29.8 Å². The number of hydrogen-bond acceptors (Lipinski definition) is 2. The van der Waals surface area contributed by atoms with E-state index in [-0.39, 0.29) is 0 Å². The van der Waals surface area contributed by atoms with Crippen LogP contribution in [0.15, 0.2) is 24.3 Å². The Balaban J connectivity index is 2.52. The standard InChI is InChI=1S/C13H21BO2/c1-3-4-5-6-11(2)12-7-9-13(10-8-12)14(15)16/h7-11,15-16H,3-6H2,1-2H3. The Morgan fingerprint density at radius 1 is 1.12 bits per heavy atom. The second kappa shape index (κ2) is 6.72. The Kier molecular flexibility index (Phi) is 5.57. The zero-order valence-electron chi connectivity index (χ0n) is 10.2. The first-order valence-corrected chi connectivity index (χ1v) is 6.11. The van der Waals surface area contributed by atoms with Gasteiger partial charge in [-0.1, -0.05) is 57.4 Å². The molecule has 88 valence electrons. The molecular formula is C13H21BO2. The Morgan fingerprint density at radius 3 is 2.25 bits per heavy atom. The largest absolute Gasteiger partial charge is 0.488 e. The van der Waals surface area contributed by atoms with E-state index in [9.17, 15) is 0 Å². The first kappa shape index (κ1) is 13.3. The van der Waals surface area contributed by atoms with Gasteiger partial charge in [-0.15, -0.1) is 0 Å². The molecule has 3 heteroatoms. The van der Waals surface area contributed by atoms with Crippen molar-refractivity contribution in [2.75, 3.05) is 0 Å². The quantitative estimate of drug-likeness (QED) is 0.569. The topological polar surface area (TPSA) is 40.5 Å². The monoisotopic (exact) mass is 220 g/mol. The molecule has 0 radical (unpaired) electrons. The summed E-state index contributed by atoms with van der Waals surface area (Å²) in [6.07, 6.45) is 5.01. The maximum Gasteiger partial charge on any atom is 0.488 e. The lowest BCUT2D eigenvalue weighted by Crippen LogP contribution is -2.29. The van der Waals surface area contributed by atoms with Crippen LogP contribution < -0.4 is 5.46 Å². The van der Waals surface area contributed by atoms with Crippen LogP contribution in [-0.2, 0) is 0 Å². The molecular weight excluding hydrogens is 199 g/mol. The lowest BCUT2D eigenvalue weighted by molar-refractivity contribution is 0.426. The summed E-state index contributed by atoms with van der Waals surface area (Å²) < 4.78 is 0. The zero-order chi connectivity index (χ0) is 12.0. The van der Waals surface area contributed by atoms with Gasteiger partial charge >= 0.3 is 7.12 Å². The third-order valence-corrected chi connectivity index (χ3v) is 3.04. The van der Waals surface area contributed by atoms with Crippen molar-refractivity contribution >= 4 is 12.6 Å². The van der Waals surface area contributed by atoms with Gasteiger partial charge in [-0.25, -0.2) is 0 Å². The Morgan fingerprint density at radius 2 is 1.75 bits per heavy atom. The maximum atomic E-state index is 8.98. The van der Waals surface area contributed by atoms with Gasteiger partial charge in [0.1, 0.15) is 0 Å². The van der Waals surface area contributed by atoms with E-state index in [4.69, 9.17) is 10.0 Å². The van der Waals surface area contributed by atoms with Crippen LogP contribution in [0, 0.1) is 0 Å². The highest BCUT2D eigenvalue weighted by atomic mass is 16.4. The molecule has 0 heterocycles. The molecule has 0 amide bonds. The van der Waals surface area contributed by atoms with Crippen molar-refractivity contribution in [2.24, 2.45) is 0 Å². The smallest absolute Gasteiger partial charge is 0.423 e. The van der Waals surface area contributed by atoms with Crippen LogP contribution in [0.4, 0.5) is 0 Å². The number of unbranched alkanes of at least 4 members (excludes halogenated alkanes) is 2. The van der Waals surface area contributed by atoms with Crippen LogP contribution in [-0.4, -0.2) is 17.2 Å². The van der Waals surface area contributed by atoms with Gasteiger partial charge in [-0.3, -0.25) is 0 Å².